The Balaban J connectivity index is 1.76. The van der Waals surface area contributed by atoms with E-state index in [2.05, 4.69) is 35.0 Å². The normalized spacial score (nSPS) is 21.5. The summed E-state index contributed by atoms with van der Waals surface area (Å²) in [4.78, 5) is 2.51. The minimum absolute atomic E-state index is 0.545. The maximum atomic E-state index is 6.18. The number of piperidine rings is 1. The average Bonchev–Trinajstić information content (AvgIpc) is 2.90. The average molecular weight is 318 g/mol. The van der Waals surface area contributed by atoms with E-state index in [4.69, 9.17) is 5.73 Å². The van der Waals surface area contributed by atoms with Gasteiger partial charge in [-0.15, -0.1) is 0 Å². The molecule has 0 atom stereocenters. The third kappa shape index (κ3) is 2.86. The SMILES string of the molecule is C=Cc1c(N)cc(C)cc1N1CCC2(CCN(SC)C2)CC1. The van der Waals surface area contributed by atoms with Crippen LogP contribution in [-0.2, 0) is 0 Å². The third-order valence-corrected chi connectivity index (χ3v) is 6.19. The number of benzene rings is 1. The first kappa shape index (κ1) is 15.8. The lowest BCUT2D eigenvalue weighted by Crippen LogP contribution is -2.41. The highest BCUT2D eigenvalue weighted by Gasteiger charge is 2.40. The minimum Gasteiger partial charge on any atom is -0.398 e. The van der Waals surface area contributed by atoms with Crippen molar-refractivity contribution in [3.63, 3.8) is 0 Å². The molecule has 4 heteroatoms. The molecule has 120 valence electrons. The maximum absolute atomic E-state index is 6.18. The summed E-state index contributed by atoms with van der Waals surface area (Å²) in [6.45, 7) is 10.8. The first-order chi connectivity index (χ1) is 10.6. The lowest BCUT2D eigenvalue weighted by molar-refractivity contribution is 0.237. The number of nitrogens with two attached hydrogens (primary N) is 1. The second-order valence-corrected chi connectivity index (χ2v) is 7.66. The smallest absolute Gasteiger partial charge is 0.0463 e. The molecule has 22 heavy (non-hydrogen) atoms. The molecule has 3 rings (SSSR count). The van der Waals surface area contributed by atoms with Crippen molar-refractivity contribution in [2.45, 2.75) is 26.2 Å². The van der Waals surface area contributed by atoms with Crippen molar-refractivity contribution in [1.29, 1.82) is 0 Å². The van der Waals surface area contributed by atoms with Gasteiger partial charge in [-0.25, -0.2) is 0 Å². The molecule has 1 spiro atoms. The van der Waals surface area contributed by atoms with Crippen LogP contribution in [0.25, 0.3) is 6.08 Å². The van der Waals surface area contributed by atoms with Crippen LogP contribution < -0.4 is 10.6 Å². The summed E-state index contributed by atoms with van der Waals surface area (Å²) in [5, 5.41) is 0. The van der Waals surface area contributed by atoms with Crippen molar-refractivity contribution >= 4 is 29.4 Å². The molecule has 2 fully saturated rings. The van der Waals surface area contributed by atoms with Crippen molar-refractivity contribution in [2.75, 3.05) is 43.1 Å². The van der Waals surface area contributed by atoms with Crippen molar-refractivity contribution in [1.82, 2.24) is 4.31 Å². The molecule has 2 saturated heterocycles. The van der Waals surface area contributed by atoms with Crippen LogP contribution in [0.2, 0.25) is 0 Å². The van der Waals surface area contributed by atoms with E-state index in [1.165, 1.54) is 43.6 Å². The van der Waals surface area contributed by atoms with Gasteiger partial charge in [0.05, 0.1) is 0 Å². The van der Waals surface area contributed by atoms with E-state index in [0.717, 1.165) is 24.3 Å². The zero-order chi connectivity index (χ0) is 15.7. The molecular weight excluding hydrogens is 290 g/mol. The van der Waals surface area contributed by atoms with E-state index in [1.807, 2.05) is 24.1 Å². The zero-order valence-corrected chi connectivity index (χ0v) is 14.6. The second kappa shape index (κ2) is 6.17. The second-order valence-electron chi connectivity index (χ2n) is 6.77. The van der Waals surface area contributed by atoms with Crippen LogP contribution in [0.4, 0.5) is 11.4 Å². The van der Waals surface area contributed by atoms with Crippen LogP contribution >= 0.6 is 11.9 Å². The summed E-state index contributed by atoms with van der Waals surface area (Å²) in [5.41, 5.74) is 11.2. The van der Waals surface area contributed by atoms with Gasteiger partial charge in [-0.1, -0.05) is 24.6 Å². The molecule has 0 radical (unpaired) electrons. The number of anilines is 2. The standard InChI is InChI=1S/C18H27N3S/c1-4-15-16(19)11-14(2)12-17(15)20-8-5-18(6-9-20)7-10-21(13-18)22-3/h4,11-12H,1,5-10,13,19H2,2-3H3. The van der Waals surface area contributed by atoms with Gasteiger partial charge in [-0.05, 0) is 55.6 Å². The molecule has 3 nitrogen and oxygen atoms in total. The van der Waals surface area contributed by atoms with Crippen LogP contribution in [-0.4, -0.2) is 36.7 Å². The zero-order valence-electron chi connectivity index (χ0n) is 13.8. The molecule has 0 unspecified atom stereocenters. The molecule has 0 aromatic heterocycles. The van der Waals surface area contributed by atoms with Crippen molar-refractivity contribution in [2.24, 2.45) is 5.41 Å². The molecule has 0 aliphatic carbocycles. The summed E-state index contributed by atoms with van der Waals surface area (Å²) < 4.78 is 2.52. The molecule has 2 aliphatic rings. The first-order valence-electron chi connectivity index (χ1n) is 8.13. The van der Waals surface area contributed by atoms with Crippen LogP contribution in [0.5, 0.6) is 0 Å². The lowest BCUT2D eigenvalue weighted by atomic mass is 9.77. The Morgan fingerprint density at radius 3 is 2.50 bits per heavy atom. The Morgan fingerprint density at radius 1 is 1.23 bits per heavy atom. The lowest BCUT2D eigenvalue weighted by Gasteiger charge is -2.41. The van der Waals surface area contributed by atoms with Crippen molar-refractivity contribution < 1.29 is 0 Å². The molecule has 2 aliphatic heterocycles. The van der Waals surface area contributed by atoms with Gasteiger partial charge in [-0.3, -0.25) is 4.31 Å². The van der Waals surface area contributed by atoms with Gasteiger partial charge in [0, 0.05) is 43.1 Å². The highest BCUT2D eigenvalue weighted by molar-refractivity contribution is 7.96. The van der Waals surface area contributed by atoms with Gasteiger partial charge in [0.25, 0.3) is 0 Å². The predicted octanol–water partition coefficient (Wildman–Crippen LogP) is 3.79. The fourth-order valence-electron chi connectivity index (χ4n) is 3.97. The van der Waals surface area contributed by atoms with Crippen LogP contribution in [0, 0.1) is 12.3 Å². The van der Waals surface area contributed by atoms with Crippen LogP contribution in [0.15, 0.2) is 18.7 Å². The fraction of sp³-hybridized carbons (Fsp3) is 0.556. The Bertz CT molecular complexity index is 562. The van der Waals surface area contributed by atoms with Gasteiger partial charge in [0.15, 0.2) is 0 Å². The van der Waals surface area contributed by atoms with E-state index >= 15 is 0 Å². The summed E-state index contributed by atoms with van der Waals surface area (Å²) >= 11 is 1.90. The Hall–Kier alpha value is -1.13. The van der Waals surface area contributed by atoms with Crippen LogP contribution in [0.3, 0.4) is 0 Å². The van der Waals surface area contributed by atoms with Gasteiger partial charge >= 0.3 is 0 Å². The minimum atomic E-state index is 0.545. The van der Waals surface area contributed by atoms with Gasteiger partial charge in [0.1, 0.15) is 0 Å². The van der Waals surface area contributed by atoms with Gasteiger partial charge in [0.2, 0.25) is 0 Å². The fourth-order valence-corrected chi connectivity index (χ4v) is 4.65. The number of rotatable bonds is 3. The first-order valence-corrected chi connectivity index (χ1v) is 9.32. The summed E-state index contributed by atoms with van der Waals surface area (Å²) in [6, 6.07) is 4.30. The Labute approximate surface area is 138 Å². The van der Waals surface area contributed by atoms with E-state index in [0.29, 0.717) is 5.41 Å². The summed E-state index contributed by atoms with van der Waals surface area (Å²) in [6.07, 6.45) is 8.02. The number of nitrogens with zero attached hydrogens (tertiary/aromatic N) is 2. The maximum Gasteiger partial charge on any atom is 0.0463 e. The molecule has 0 saturated carbocycles. The topological polar surface area (TPSA) is 32.5 Å². The molecular formula is C18H27N3S. The monoisotopic (exact) mass is 317 g/mol. The highest BCUT2D eigenvalue weighted by Crippen LogP contribution is 2.43. The van der Waals surface area contributed by atoms with E-state index < -0.39 is 0 Å². The molecule has 0 amide bonds. The van der Waals surface area contributed by atoms with Gasteiger partial charge in [-0.2, -0.15) is 0 Å². The number of hydrogen-bond donors (Lipinski definition) is 1. The van der Waals surface area contributed by atoms with E-state index in [-0.39, 0.29) is 0 Å². The predicted molar refractivity (Wildman–Crippen MR) is 99.3 cm³/mol. The molecule has 2 N–H and O–H groups in total. The quantitative estimate of drug-likeness (QED) is 0.679. The third-order valence-electron chi connectivity index (χ3n) is 5.36. The number of nitrogen functional groups attached to an aromatic ring is 1. The van der Waals surface area contributed by atoms with Crippen molar-refractivity contribution in [3.8, 4) is 0 Å². The van der Waals surface area contributed by atoms with Crippen LogP contribution in [0.1, 0.15) is 30.4 Å². The molecule has 0 bridgehead atoms. The Kier molecular flexibility index (Phi) is 4.42. The van der Waals surface area contributed by atoms with E-state index in [9.17, 15) is 0 Å². The van der Waals surface area contributed by atoms with E-state index in [1.54, 1.807) is 0 Å². The van der Waals surface area contributed by atoms with Gasteiger partial charge < -0.3 is 10.6 Å². The number of aryl methyl sites for hydroxylation is 1. The summed E-state index contributed by atoms with van der Waals surface area (Å²) in [5.74, 6) is 0. The molecule has 1 aromatic rings. The molecule has 1 aromatic carbocycles. The molecule has 2 heterocycles. The Morgan fingerprint density at radius 2 is 1.91 bits per heavy atom. The highest BCUT2D eigenvalue weighted by atomic mass is 32.2. The summed E-state index contributed by atoms with van der Waals surface area (Å²) in [7, 11) is 0. The van der Waals surface area contributed by atoms with Crippen molar-refractivity contribution in [3.05, 3.63) is 29.8 Å². The largest absolute Gasteiger partial charge is 0.398 e. The number of hydrogen-bond acceptors (Lipinski definition) is 4.